The molecule has 3 aromatic carbocycles. The van der Waals surface area contributed by atoms with Gasteiger partial charge in [0.2, 0.25) is 5.95 Å². The van der Waals surface area contributed by atoms with Gasteiger partial charge < -0.3 is 5.32 Å². The van der Waals surface area contributed by atoms with Crippen LogP contribution in [-0.4, -0.2) is 23.9 Å². The van der Waals surface area contributed by atoms with Crippen LogP contribution in [0, 0.1) is 24.4 Å². The molecule has 12 heteroatoms. The van der Waals surface area contributed by atoms with Gasteiger partial charge in [-0.25, -0.2) is 27.3 Å². The largest absolute Gasteiger partial charge is 0.359 e. The van der Waals surface area contributed by atoms with Crippen LogP contribution in [0.3, 0.4) is 0 Å². The monoisotopic (exact) mass is 526 g/mol. The molecule has 0 atom stereocenters. The second-order valence-corrected chi connectivity index (χ2v) is 8.84. The summed E-state index contributed by atoms with van der Waals surface area (Å²) in [5.41, 5.74) is -0.184. The van der Waals surface area contributed by atoms with E-state index < -0.39 is 35.4 Å². The highest BCUT2D eigenvalue weighted by molar-refractivity contribution is 6.34. The normalized spacial score (nSPS) is 11.3. The molecule has 0 saturated carbocycles. The topological polar surface area (TPSA) is 86.7 Å². The molecule has 0 bridgehead atoms. The first-order valence-corrected chi connectivity index (χ1v) is 11.3. The minimum atomic E-state index is -1.37. The van der Waals surface area contributed by atoms with E-state index in [2.05, 4.69) is 15.4 Å². The third kappa shape index (κ3) is 4.60. The molecule has 0 saturated heterocycles. The zero-order valence-corrected chi connectivity index (χ0v) is 20.2. The van der Waals surface area contributed by atoms with E-state index >= 15 is 0 Å². The first-order chi connectivity index (χ1) is 17.6. The number of fused-ring (bicyclic) bond motifs is 1. The van der Waals surface area contributed by atoms with E-state index in [1.165, 1.54) is 0 Å². The number of aryl methyl sites for hydroxylation is 2. The third-order valence-corrected chi connectivity index (χ3v) is 6.02. The first kappa shape index (κ1) is 24.3. The van der Waals surface area contributed by atoms with Gasteiger partial charge in [0.05, 0.1) is 28.5 Å². The van der Waals surface area contributed by atoms with Gasteiger partial charge in [0.1, 0.15) is 5.82 Å². The van der Waals surface area contributed by atoms with Gasteiger partial charge in [-0.15, -0.1) is 0 Å². The van der Waals surface area contributed by atoms with Crippen LogP contribution >= 0.6 is 11.6 Å². The summed E-state index contributed by atoms with van der Waals surface area (Å²) in [5, 5.41) is 8.06. The fourth-order valence-electron chi connectivity index (χ4n) is 3.96. The van der Waals surface area contributed by atoms with Crippen molar-refractivity contribution in [3.63, 3.8) is 0 Å². The fourth-order valence-corrected chi connectivity index (χ4v) is 4.17. The van der Waals surface area contributed by atoms with Crippen molar-refractivity contribution in [1.82, 2.24) is 23.9 Å². The highest BCUT2D eigenvalue weighted by atomic mass is 35.5. The molecular formula is C25H18ClF3N6O2. The Hall–Kier alpha value is -4.38. The summed E-state index contributed by atoms with van der Waals surface area (Å²) < 4.78 is 45.3. The highest BCUT2D eigenvalue weighted by Crippen LogP contribution is 2.29. The van der Waals surface area contributed by atoms with Gasteiger partial charge in [0.25, 0.3) is 0 Å². The Morgan fingerprint density at radius 1 is 1.00 bits per heavy atom. The van der Waals surface area contributed by atoms with Gasteiger partial charge in [-0.2, -0.15) is 10.1 Å². The van der Waals surface area contributed by atoms with Gasteiger partial charge in [0.15, 0.2) is 11.6 Å². The quantitative estimate of drug-likeness (QED) is 0.342. The maximum atomic E-state index is 14.5. The van der Waals surface area contributed by atoms with E-state index in [1.807, 2.05) is 0 Å². The van der Waals surface area contributed by atoms with Gasteiger partial charge in [-0.3, -0.25) is 9.25 Å². The predicted molar refractivity (Wildman–Crippen MR) is 133 cm³/mol. The van der Waals surface area contributed by atoms with Crippen molar-refractivity contribution in [2.45, 2.75) is 13.5 Å². The molecule has 1 N–H and O–H groups in total. The number of benzene rings is 3. The summed E-state index contributed by atoms with van der Waals surface area (Å²) in [5.74, 6) is -4.00. The summed E-state index contributed by atoms with van der Waals surface area (Å²) in [6.45, 7) is 1.22. The summed E-state index contributed by atoms with van der Waals surface area (Å²) in [4.78, 5) is 30.6. The number of hydrogen-bond donors (Lipinski definition) is 1. The molecule has 0 aliphatic rings. The summed E-state index contributed by atoms with van der Waals surface area (Å²) in [6, 6.07) is 10.9. The van der Waals surface area contributed by atoms with Gasteiger partial charge >= 0.3 is 11.4 Å². The van der Waals surface area contributed by atoms with Crippen LogP contribution in [0.15, 0.2) is 64.3 Å². The van der Waals surface area contributed by atoms with E-state index in [9.17, 15) is 22.8 Å². The lowest BCUT2D eigenvalue weighted by molar-refractivity contribution is 0.487. The number of anilines is 2. The molecule has 2 aromatic heterocycles. The zero-order valence-electron chi connectivity index (χ0n) is 19.5. The van der Waals surface area contributed by atoms with Crippen LogP contribution in [0.25, 0.3) is 16.6 Å². The lowest BCUT2D eigenvalue weighted by Crippen LogP contribution is -2.41. The standard InChI is InChI=1S/C25H18ClF3N6O2/c1-13-4-3-5-16(6-13)35-24(36)31-23(30-22-8-15-11-33(2)32-21(15)9-17(22)26)34(25(35)37)12-14-7-19(28)20(29)10-18(14)27/h3-11H,12H2,1-2H3,(H,30,31,36). The number of rotatable bonds is 5. The lowest BCUT2D eigenvalue weighted by Gasteiger charge is -2.17. The second kappa shape index (κ2) is 9.25. The molecule has 0 aliphatic carbocycles. The molecule has 188 valence electrons. The molecule has 0 radical (unpaired) electrons. The van der Waals surface area contributed by atoms with Crippen molar-refractivity contribution in [2.75, 3.05) is 5.32 Å². The molecule has 0 aliphatic heterocycles. The smallest absolute Gasteiger partial charge is 0.324 e. The predicted octanol–water partition coefficient (Wildman–Crippen LogP) is 4.45. The Labute approximate surface area is 212 Å². The lowest BCUT2D eigenvalue weighted by atomic mass is 10.2. The van der Waals surface area contributed by atoms with Crippen molar-refractivity contribution in [1.29, 1.82) is 0 Å². The Morgan fingerprint density at radius 2 is 1.76 bits per heavy atom. The Kier molecular flexibility index (Phi) is 6.08. The minimum Gasteiger partial charge on any atom is -0.324 e. The van der Waals surface area contributed by atoms with Gasteiger partial charge in [0, 0.05) is 30.3 Å². The number of nitrogens with one attached hydrogen (secondary N) is 1. The molecule has 0 amide bonds. The molecule has 0 unspecified atom stereocenters. The van der Waals surface area contributed by atoms with Crippen molar-refractivity contribution in [2.24, 2.45) is 7.05 Å². The maximum absolute atomic E-state index is 14.5. The molecule has 0 spiro atoms. The Morgan fingerprint density at radius 3 is 2.51 bits per heavy atom. The Balaban J connectivity index is 1.70. The zero-order chi connectivity index (χ0) is 26.4. The van der Waals surface area contributed by atoms with Gasteiger partial charge in [-0.1, -0.05) is 23.7 Å². The van der Waals surface area contributed by atoms with Crippen LogP contribution in [0.2, 0.25) is 5.02 Å². The summed E-state index contributed by atoms with van der Waals surface area (Å²) in [7, 11) is 1.74. The highest BCUT2D eigenvalue weighted by Gasteiger charge is 2.19. The van der Waals surface area contributed by atoms with Crippen molar-refractivity contribution in [3.05, 3.63) is 109 Å². The maximum Gasteiger partial charge on any atom is 0.359 e. The van der Waals surface area contributed by atoms with E-state index in [0.717, 1.165) is 14.7 Å². The molecule has 37 heavy (non-hydrogen) atoms. The number of aromatic nitrogens is 5. The number of hydrogen-bond acceptors (Lipinski definition) is 5. The number of nitrogens with zero attached hydrogens (tertiary/aromatic N) is 5. The average molecular weight is 527 g/mol. The van der Waals surface area contributed by atoms with E-state index in [-0.39, 0.29) is 22.2 Å². The van der Waals surface area contributed by atoms with Gasteiger partial charge in [-0.05, 0) is 42.8 Å². The van der Waals surface area contributed by atoms with Crippen LogP contribution in [0.4, 0.5) is 24.8 Å². The van der Waals surface area contributed by atoms with Crippen LogP contribution < -0.4 is 16.7 Å². The molecule has 5 aromatic rings. The third-order valence-electron chi connectivity index (χ3n) is 5.70. The average Bonchev–Trinajstić information content (AvgIpc) is 3.18. The van der Waals surface area contributed by atoms with Crippen molar-refractivity contribution < 1.29 is 13.2 Å². The van der Waals surface area contributed by atoms with Crippen LogP contribution in [0.5, 0.6) is 0 Å². The number of halogens is 4. The van der Waals surface area contributed by atoms with E-state index in [1.54, 1.807) is 61.2 Å². The second-order valence-electron chi connectivity index (χ2n) is 8.44. The molecule has 2 heterocycles. The van der Waals surface area contributed by atoms with Crippen LogP contribution in [-0.2, 0) is 13.6 Å². The summed E-state index contributed by atoms with van der Waals surface area (Å²) in [6.07, 6.45) is 1.74. The van der Waals surface area contributed by atoms with E-state index in [0.29, 0.717) is 28.7 Å². The molecule has 8 nitrogen and oxygen atoms in total. The van der Waals surface area contributed by atoms with Crippen molar-refractivity contribution >= 4 is 34.1 Å². The Bertz CT molecular complexity index is 1810. The summed E-state index contributed by atoms with van der Waals surface area (Å²) >= 11 is 6.40. The molecule has 5 rings (SSSR count). The van der Waals surface area contributed by atoms with E-state index in [4.69, 9.17) is 11.6 Å². The fraction of sp³-hybridized carbons (Fsp3) is 0.120. The minimum absolute atomic E-state index is 0.217. The first-order valence-electron chi connectivity index (χ1n) is 10.9. The SMILES string of the molecule is Cc1cccc(-n2c(=O)nc(Nc3cc4cn(C)nc4cc3Cl)n(Cc3cc(F)c(F)cc3F)c2=O)c1. The van der Waals surface area contributed by atoms with Crippen LogP contribution in [0.1, 0.15) is 11.1 Å². The van der Waals surface area contributed by atoms with Crippen molar-refractivity contribution in [3.8, 4) is 5.69 Å². The molecular weight excluding hydrogens is 509 g/mol. The molecule has 0 fully saturated rings.